The van der Waals surface area contributed by atoms with Gasteiger partial charge in [-0.2, -0.15) is 0 Å². The molecule has 0 saturated heterocycles. The summed E-state index contributed by atoms with van der Waals surface area (Å²) in [5.74, 6) is 0.663. The minimum Gasteiger partial charge on any atom is -0.369 e. The van der Waals surface area contributed by atoms with Crippen LogP contribution in [0.15, 0.2) is 36.7 Å². The standard InChI is InChI=1S/C19H22ClN5O/c1-12(26)23-10-19(2,3)11-24-17-8-13(7-16(20)25-17)15-9-22-18-14(15)5-4-6-21-18/h4-9H,10-11H2,1-3H3,(H,21,22)(H,23,26)(H,24,25). The van der Waals surface area contributed by atoms with Gasteiger partial charge in [-0.3, -0.25) is 4.79 Å². The molecule has 0 fully saturated rings. The molecule has 6 nitrogen and oxygen atoms in total. The fourth-order valence-electron chi connectivity index (χ4n) is 2.69. The number of aromatic nitrogens is 3. The zero-order chi connectivity index (χ0) is 18.7. The summed E-state index contributed by atoms with van der Waals surface area (Å²) in [6.45, 7) is 6.90. The fraction of sp³-hybridized carbons (Fsp3) is 0.316. The van der Waals surface area contributed by atoms with E-state index in [9.17, 15) is 4.79 Å². The third-order valence-corrected chi connectivity index (χ3v) is 4.31. The Balaban J connectivity index is 1.81. The second-order valence-electron chi connectivity index (χ2n) is 7.09. The average Bonchev–Trinajstić information content (AvgIpc) is 3.02. The van der Waals surface area contributed by atoms with E-state index in [0.29, 0.717) is 24.1 Å². The summed E-state index contributed by atoms with van der Waals surface area (Å²) >= 11 is 6.24. The Morgan fingerprint density at radius 1 is 1.31 bits per heavy atom. The van der Waals surface area contributed by atoms with E-state index in [1.165, 1.54) is 6.92 Å². The highest BCUT2D eigenvalue weighted by atomic mass is 35.5. The first-order valence-electron chi connectivity index (χ1n) is 8.42. The highest BCUT2D eigenvalue weighted by Crippen LogP contribution is 2.30. The Hall–Kier alpha value is -2.60. The number of pyridine rings is 2. The molecule has 3 rings (SSSR count). The maximum Gasteiger partial charge on any atom is 0.216 e. The number of fused-ring (bicyclic) bond motifs is 1. The average molecular weight is 372 g/mol. The number of hydrogen-bond acceptors (Lipinski definition) is 4. The fourth-order valence-corrected chi connectivity index (χ4v) is 2.90. The molecule has 0 aliphatic heterocycles. The van der Waals surface area contributed by atoms with Crippen LogP contribution in [0.1, 0.15) is 20.8 Å². The van der Waals surface area contributed by atoms with Crippen LogP contribution in [0.25, 0.3) is 22.2 Å². The quantitative estimate of drug-likeness (QED) is 0.575. The number of carbonyl (C=O) groups is 1. The molecule has 7 heteroatoms. The smallest absolute Gasteiger partial charge is 0.216 e. The van der Waals surface area contributed by atoms with E-state index >= 15 is 0 Å². The maximum absolute atomic E-state index is 11.1. The van der Waals surface area contributed by atoms with Crippen LogP contribution in [-0.4, -0.2) is 33.9 Å². The molecule has 0 unspecified atom stereocenters. The molecule has 0 radical (unpaired) electrons. The molecule has 3 N–H and O–H groups in total. The van der Waals surface area contributed by atoms with Gasteiger partial charge in [0.05, 0.1) is 0 Å². The van der Waals surface area contributed by atoms with Crippen LogP contribution < -0.4 is 10.6 Å². The molecule has 0 aliphatic carbocycles. The number of carbonyl (C=O) groups excluding carboxylic acids is 1. The monoisotopic (exact) mass is 371 g/mol. The summed E-state index contributed by atoms with van der Waals surface area (Å²) in [5.41, 5.74) is 2.70. The van der Waals surface area contributed by atoms with E-state index < -0.39 is 0 Å². The summed E-state index contributed by atoms with van der Waals surface area (Å²) in [4.78, 5) is 23.0. The van der Waals surface area contributed by atoms with Crippen LogP contribution in [0.4, 0.5) is 5.82 Å². The number of rotatable bonds is 6. The molecule has 0 atom stereocenters. The number of H-pyrrole nitrogens is 1. The van der Waals surface area contributed by atoms with Crippen LogP contribution in [-0.2, 0) is 4.79 Å². The van der Waals surface area contributed by atoms with Crippen molar-refractivity contribution < 1.29 is 4.79 Å². The van der Waals surface area contributed by atoms with Crippen molar-refractivity contribution in [2.75, 3.05) is 18.4 Å². The van der Waals surface area contributed by atoms with Crippen molar-refractivity contribution in [2.45, 2.75) is 20.8 Å². The predicted molar refractivity (Wildman–Crippen MR) is 105 cm³/mol. The Morgan fingerprint density at radius 3 is 2.88 bits per heavy atom. The molecule has 3 heterocycles. The van der Waals surface area contributed by atoms with Gasteiger partial charge in [0.1, 0.15) is 16.6 Å². The molecule has 1 amide bonds. The lowest BCUT2D eigenvalue weighted by Gasteiger charge is -2.25. The third kappa shape index (κ3) is 4.32. The number of hydrogen-bond donors (Lipinski definition) is 3. The van der Waals surface area contributed by atoms with Gasteiger partial charge in [0.25, 0.3) is 0 Å². The molecular weight excluding hydrogens is 350 g/mol. The first-order valence-corrected chi connectivity index (χ1v) is 8.80. The maximum atomic E-state index is 11.1. The van der Waals surface area contributed by atoms with E-state index in [4.69, 9.17) is 11.6 Å². The van der Waals surface area contributed by atoms with Gasteiger partial charge in [-0.25, -0.2) is 9.97 Å². The van der Waals surface area contributed by atoms with Crippen molar-refractivity contribution in [3.63, 3.8) is 0 Å². The van der Waals surface area contributed by atoms with Crippen molar-refractivity contribution in [3.8, 4) is 11.1 Å². The van der Waals surface area contributed by atoms with Crippen LogP contribution in [0.3, 0.4) is 0 Å². The molecule has 0 aromatic carbocycles. The minimum absolute atomic E-state index is 0.0332. The van der Waals surface area contributed by atoms with E-state index in [-0.39, 0.29) is 11.3 Å². The Kier molecular flexibility index (Phi) is 5.13. The van der Waals surface area contributed by atoms with Gasteiger partial charge in [0.2, 0.25) is 5.91 Å². The SMILES string of the molecule is CC(=O)NCC(C)(C)CNc1cc(-c2c[nH]c3ncccc23)cc(Cl)n1. The number of halogens is 1. The lowest BCUT2D eigenvalue weighted by molar-refractivity contribution is -0.119. The molecular formula is C19H22ClN5O. The first kappa shape index (κ1) is 18.2. The Morgan fingerprint density at radius 2 is 2.12 bits per heavy atom. The molecule has 0 spiro atoms. The van der Waals surface area contributed by atoms with Gasteiger partial charge in [0.15, 0.2) is 0 Å². The van der Waals surface area contributed by atoms with Gasteiger partial charge in [-0.05, 0) is 35.2 Å². The van der Waals surface area contributed by atoms with Gasteiger partial charge < -0.3 is 15.6 Å². The number of amides is 1. The van der Waals surface area contributed by atoms with Gasteiger partial charge >= 0.3 is 0 Å². The zero-order valence-electron chi connectivity index (χ0n) is 15.1. The highest BCUT2D eigenvalue weighted by Gasteiger charge is 2.18. The Bertz CT molecular complexity index is 935. The van der Waals surface area contributed by atoms with Crippen LogP contribution >= 0.6 is 11.6 Å². The molecule has 3 aromatic rings. The van der Waals surface area contributed by atoms with Gasteiger partial charge in [-0.1, -0.05) is 25.4 Å². The molecule has 0 saturated carbocycles. The van der Waals surface area contributed by atoms with E-state index in [1.807, 2.05) is 30.5 Å². The number of nitrogens with zero attached hydrogens (tertiary/aromatic N) is 2. The summed E-state index contributed by atoms with van der Waals surface area (Å²) < 4.78 is 0. The summed E-state index contributed by atoms with van der Waals surface area (Å²) in [5, 5.41) is 7.63. The van der Waals surface area contributed by atoms with E-state index in [2.05, 4.69) is 39.4 Å². The highest BCUT2D eigenvalue weighted by molar-refractivity contribution is 6.29. The number of anilines is 1. The van der Waals surface area contributed by atoms with Crippen molar-refractivity contribution >= 4 is 34.4 Å². The molecule has 0 aliphatic rings. The van der Waals surface area contributed by atoms with Crippen LogP contribution in [0.5, 0.6) is 0 Å². The van der Waals surface area contributed by atoms with Crippen LogP contribution in [0, 0.1) is 5.41 Å². The summed E-state index contributed by atoms with van der Waals surface area (Å²) in [7, 11) is 0. The van der Waals surface area contributed by atoms with Crippen molar-refractivity contribution in [1.29, 1.82) is 0 Å². The van der Waals surface area contributed by atoms with Gasteiger partial charge in [0, 0.05) is 43.4 Å². The predicted octanol–water partition coefficient (Wildman–Crippen LogP) is 3.85. The minimum atomic E-state index is -0.124. The lowest BCUT2D eigenvalue weighted by Crippen LogP contribution is -2.37. The second kappa shape index (κ2) is 7.33. The topological polar surface area (TPSA) is 82.7 Å². The largest absolute Gasteiger partial charge is 0.369 e. The molecule has 26 heavy (non-hydrogen) atoms. The van der Waals surface area contributed by atoms with Crippen LogP contribution in [0.2, 0.25) is 5.15 Å². The second-order valence-corrected chi connectivity index (χ2v) is 7.48. The first-order chi connectivity index (χ1) is 12.3. The number of nitrogens with one attached hydrogen (secondary N) is 3. The van der Waals surface area contributed by atoms with Crippen molar-refractivity contribution in [3.05, 3.63) is 41.8 Å². The Labute approximate surface area is 157 Å². The molecule has 3 aromatic heterocycles. The third-order valence-electron chi connectivity index (χ3n) is 4.12. The van der Waals surface area contributed by atoms with Crippen molar-refractivity contribution in [1.82, 2.24) is 20.3 Å². The van der Waals surface area contributed by atoms with E-state index in [0.717, 1.165) is 22.2 Å². The lowest BCUT2D eigenvalue weighted by atomic mass is 9.93. The summed E-state index contributed by atoms with van der Waals surface area (Å²) in [6.07, 6.45) is 3.68. The van der Waals surface area contributed by atoms with E-state index in [1.54, 1.807) is 6.20 Å². The normalized spacial score (nSPS) is 11.5. The zero-order valence-corrected chi connectivity index (χ0v) is 15.8. The molecule has 0 bridgehead atoms. The number of aromatic amines is 1. The van der Waals surface area contributed by atoms with Crippen molar-refractivity contribution in [2.24, 2.45) is 5.41 Å². The van der Waals surface area contributed by atoms with Gasteiger partial charge in [-0.15, -0.1) is 0 Å². The molecule has 136 valence electrons. The summed E-state index contributed by atoms with van der Waals surface area (Å²) in [6, 6.07) is 7.74.